The zero-order valence-corrected chi connectivity index (χ0v) is 14.9. The number of carbonyl (C=O) groups is 1. The fraction of sp³-hybridized carbons (Fsp3) is 0.500. The number of nitrogens with zero attached hydrogens (tertiary/aromatic N) is 3. The molecule has 1 aromatic carbocycles. The summed E-state index contributed by atoms with van der Waals surface area (Å²) < 4.78 is 0. The number of nitrogens with one attached hydrogen (secondary N) is 1. The highest BCUT2D eigenvalue weighted by molar-refractivity contribution is 5.88. The van der Waals surface area contributed by atoms with E-state index in [1.54, 1.807) is 6.92 Å². The van der Waals surface area contributed by atoms with Crippen molar-refractivity contribution in [3.8, 4) is 6.07 Å². The molecule has 2 aliphatic heterocycles. The molecule has 2 aromatic rings. The van der Waals surface area contributed by atoms with Crippen LogP contribution in [0.4, 0.5) is 0 Å². The maximum atomic E-state index is 12.4. The van der Waals surface area contributed by atoms with Gasteiger partial charge in [0.05, 0.1) is 11.6 Å². The van der Waals surface area contributed by atoms with Gasteiger partial charge < -0.3 is 9.88 Å². The zero-order valence-electron chi connectivity index (χ0n) is 14.9. The standard InChI is InChI=1S/C20H24N4O/c1-14-5-3-6-16-17-7-11-24(15(2)25)20(19(17)22-18(14)16)8-12-23(13-20)10-4-9-21/h3,5-6,22H,4,7-8,10-13H2,1-2H3. The Morgan fingerprint density at radius 3 is 3.00 bits per heavy atom. The van der Waals surface area contributed by atoms with Gasteiger partial charge in [-0.05, 0) is 30.9 Å². The van der Waals surface area contributed by atoms with E-state index in [0.717, 1.165) is 39.0 Å². The Kier molecular flexibility index (Phi) is 3.81. The van der Waals surface area contributed by atoms with E-state index in [-0.39, 0.29) is 11.4 Å². The molecule has 130 valence electrons. The van der Waals surface area contributed by atoms with Crippen LogP contribution in [-0.4, -0.2) is 46.9 Å². The molecule has 1 fully saturated rings. The van der Waals surface area contributed by atoms with Crippen LogP contribution in [0.5, 0.6) is 0 Å². The number of amides is 1. The molecule has 1 aromatic heterocycles. The fourth-order valence-electron chi connectivity index (χ4n) is 4.80. The van der Waals surface area contributed by atoms with Crippen molar-refractivity contribution in [2.24, 2.45) is 0 Å². The molecule has 3 heterocycles. The predicted molar refractivity (Wildman–Crippen MR) is 97.1 cm³/mol. The maximum Gasteiger partial charge on any atom is 0.220 e. The van der Waals surface area contributed by atoms with Crippen LogP contribution in [0.3, 0.4) is 0 Å². The Labute approximate surface area is 148 Å². The summed E-state index contributed by atoms with van der Waals surface area (Å²) in [5.41, 5.74) is 4.76. The molecular weight excluding hydrogens is 312 g/mol. The van der Waals surface area contributed by atoms with E-state index in [1.807, 2.05) is 0 Å². The average Bonchev–Trinajstić information content (AvgIpc) is 3.17. The molecule has 4 rings (SSSR count). The van der Waals surface area contributed by atoms with Crippen LogP contribution in [0.15, 0.2) is 18.2 Å². The van der Waals surface area contributed by atoms with Gasteiger partial charge in [-0.15, -0.1) is 0 Å². The summed E-state index contributed by atoms with van der Waals surface area (Å²) in [6.45, 7) is 7.10. The first-order valence-electron chi connectivity index (χ1n) is 9.05. The summed E-state index contributed by atoms with van der Waals surface area (Å²) in [5, 5.41) is 10.2. The topological polar surface area (TPSA) is 63.1 Å². The molecule has 0 saturated carbocycles. The van der Waals surface area contributed by atoms with Crippen molar-refractivity contribution in [3.63, 3.8) is 0 Å². The summed E-state index contributed by atoms with van der Waals surface area (Å²) in [6.07, 6.45) is 2.37. The van der Waals surface area contributed by atoms with Gasteiger partial charge in [0.2, 0.25) is 5.91 Å². The summed E-state index contributed by atoms with van der Waals surface area (Å²) >= 11 is 0. The minimum absolute atomic E-state index is 0.142. The molecule has 5 heteroatoms. The summed E-state index contributed by atoms with van der Waals surface area (Å²) in [4.78, 5) is 20.5. The van der Waals surface area contributed by atoms with Crippen LogP contribution in [0, 0.1) is 18.3 Å². The highest BCUT2D eigenvalue weighted by Crippen LogP contribution is 2.45. The van der Waals surface area contributed by atoms with Crippen LogP contribution in [0.1, 0.15) is 36.6 Å². The summed E-state index contributed by atoms with van der Waals surface area (Å²) in [6, 6.07) is 8.68. The van der Waals surface area contributed by atoms with Crippen molar-refractivity contribution in [1.29, 1.82) is 5.26 Å². The molecular formula is C20H24N4O. The third kappa shape index (κ3) is 2.36. The Morgan fingerprint density at radius 2 is 2.24 bits per heavy atom. The molecule has 0 aliphatic carbocycles. The lowest BCUT2D eigenvalue weighted by Crippen LogP contribution is -2.54. The Hall–Kier alpha value is -2.32. The fourth-order valence-corrected chi connectivity index (χ4v) is 4.80. The first-order valence-corrected chi connectivity index (χ1v) is 9.05. The second-order valence-corrected chi connectivity index (χ2v) is 7.36. The number of hydrogen-bond donors (Lipinski definition) is 1. The van der Waals surface area contributed by atoms with Gasteiger partial charge in [0, 0.05) is 56.1 Å². The third-order valence-electron chi connectivity index (χ3n) is 5.96. The van der Waals surface area contributed by atoms with Gasteiger partial charge in [0.15, 0.2) is 0 Å². The summed E-state index contributed by atoms with van der Waals surface area (Å²) in [7, 11) is 0. The van der Waals surface area contributed by atoms with Gasteiger partial charge in [-0.1, -0.05) is 18.2 Å². The smallest absolute Gasteiger partial charge is 0.220 e. The van der Waals surface area contributed by atoms with E-state index in [0.29, 0.717) is 6.42 Å². The van der Waals surface area contributed by atoms with Gasteiger partial charge in [-0.25, -0.2) is 0 Å². The number of para-hydroxylation sites is 1. The SMILES string of the molecule is CC(=O)N1CCc2c([nH]c3c(C)cccc23)C12CCN(CCC#N)C2. The Morgan fingerprint density at radius 1 is 1.40 bits per heavy atom. The zero-order chi connectivity index (χ0) is 17.6. The molecule has 5 nitrogen and oxygen atoms in total. The van der Waals surface area contributed by atoms with E-state index in [9.17, 15) is 4.79 Å². The number of fused-ring (bicyclic) bond motifs is 4. The molecule has 1 atom stereocenters. The quantitative estimate of drug-likeness (QED) is 0.917. The van der Waals surface area contributed by atoms with Crippen molar-refractivity contribution in [1.82, 2.24) is 14.8 Å². The number of hydrogen-bond acceptors (Lipinski definition) is 3. The highest BCUT2D eigenvalue weighted by atomic mass is 16.2. The minimum atomic E-state index is -0.277. The lowest BCUT2D eigenvalue weighted by atomic mass is 9.83. The van der Waals surface area contributed by atoms with Crippen LogP contribution in [0.2, 0.25) is 0 Å². The first-order chi connectivity index (χ1) is 12.1. The van der Waals surface area contributed by atoms with E-state index in [4.69, 9.17) is 5.26 Å². The van der Waals surface area contributed by atoms with Crippen molar-refractivity contribution in [2.45, 2.75) is 38.6 Å². The van der Waals surface area contributed by atoms with Crippen LogP contribution >= 0.6 is 0 Å². The number of benzene rings is 1. The molecule has 0 radical (unpaired) electrons. The van der Waals surface area contributed by atoms with Gasteiger partial charge in [-0.3, -0.25) is 9.69 Å². The first kappa shape index (κ1) is 16.2. The second kappa shape index (κ2) is 5.89. The number of H-pyrrole nitrogens is 1. The van der Waals surface area contributed by atoms with E-state index in [1.165, 1.54) is 27.7 Å². The average molecular weight is 336 g/mol. The Balaban J connectivity index is 1.84. The van der Waals surface area contributed by atoms with Crippen LogP contribution in [-0.2, 0) is 16.8 Å². The van der Waals surface area contributed by atoms with E-state index in [2.05, 4.69) is 46.0 Å². The van der Waals surface area contributed by atoms with Gasteiger partial charge in [0.25, 0.3) is 0 Å². The highest BCUT2D eigenvalue weighted by Gasteiger charge is 2.50. The monoisotopic (exact) mass is 336 g/mol. The van der Waals surface area contributed by atoms with Crippen molar-refractivity contribution < 1.29 is 4.79 Å². The largest absolute Gasteiger partial charge is 0.356 e. The van der Waals surface area contributed by atoms with E-state index >= 15 is 0 Å². The molecule has 1 saturated heterocycles. The second-order valence-electron chi connectivity index (χ2n) is 7.36. The molecule has 1 N–H and O–H groups in total. The number of aromatic amines is 1. The maximum absolute atomic E-state index is 12.4. The normalized spacial score (nSPS) is 23.2. The number of aryl methyl sites for hydroxylation is 1. The minimum Gasteiger partial charge on any atom is -0.356 e. The lowest BCUT2D eigenvalue weighted by molar-refractivity contribution is -0.136. The van der Waals surface area contributed by atoms with Crippen molar-refractivity contribution >= 4 is 16.8 Å². The third-order valence-corrected chi connectivity index (χ3v) is 5.96. The molecule has 2 aliphatic rings. The van der Waals surface area contributed by atoms with Gasteiger partial charge in [0.1, 0.15) is 0 Å². The summed E-state index contributed by atoms with van der Waals surface area (Å²) in [5.74, 6) is 0.142. The number of carbonyl (C=O) groups excluding carboxylic acids is 1. The van der Waals surface area contributed by atoms with Crippen molar-refractivity contribution in [2.75, 3.05) is 26.2 Å². The lowest BCUT2D eigenvalue weighted by Gasteiger charge is -2.44. The molecule has 1 spiro atoms. The van der Waals surface area contributed by atoms with Gasteiger partial charge >= 0.3 is 0 Å². The number of likely N-dealkylation sites (tertiary alicyclic amines) is 1. The number of aromatic nitrogens is 1. The van der Waals surface area contributed by atoms with Crippen LogP contribution in [0.25, 0.3) is 10.9 Å². The molecule has 1 amide bonds. The molecule has 25 heavy (non-hydrogen) atoms. The number of nitriles is 1. The van der Waals surface area contributed by atoms with Gasteiger partial charge in [-0.2, -0.15) is 5.26 Å². The van der Waals surface area contributed by atoms with Crippen molar-refractivity contribution in [3.05, 3.63) is 35.0 Å². The van der Waals surface area contributed by atoms with Crippen LogP contribution < -0.4 is 0 Å². The predicted octanol–water partition coefficient (Wildman–Crippen LogP) is 2.70. The number of rotatable bonds is 2. The Bertz CT molecular complexity index is 878. The molecule has 1 unspecified atom stereocenters. The van der Waals surface area contributed by atoms with E-state index < -0.39 is 0 Å². The molecule has 0 bridgehead atoms.